The van der Waals surface area contributed by atoms with Crippen molar-refractivity contribution < 1.29 is 36.0 Å². The first-order chi connectivity index (χ1) is 8.11. The molecular formula is C7H2F6N2O3. The second-order valence-corrected chi connectivity index (χ2v) is 2.78. The van der Waals surface area contributed by atoms with Crippen LogP contribution in [0.2, 0.25) is 0 Å². The van der Waals surface area contributed by atoms with E-state index < -0.39 is 40.8 Å². The minimum absolute atomic E-state index is 0.0997. The summed E-state index contributed by atoms with van der Waals surface area (Å²) in [6.45, 7) is 0. The van der Waals surface area contributed by atoms with Gasteiger partial charge in [-0.25, -0.2) is 13.8 Å². The number of halogens is 6. The molecule has 5 nitrogen and oxygen atoms in total. The Labute approximate surface area is 94.1 Å². The van der Waals surface area contributed by atoms with Crippen LogP contribution in [0.15, 0.2) is 6.07 Å². The summed E-state index contributed by atoms with van der Waals surface area (Å²) in [5.41, 5.74) is -3.47. The number of pyridine rings is 1. The minimum Gasteiger partial charge on any atom is -0.398 e. The van der Waals surface area contributed by atoms with Gasteiger partial charge in [-0.2, -0.15) is 4.39 Å². The summed E-state index contributed by atoms with van der Waals surface area (Å²) in [5.74, 6) is -3.44. The fraction of sp³-hybridized carbons (Fsp3) is 0.286. The van der Waals surface area contributed by atoms with Gasteiger partial charge in [0, 0.05) is 6.07 Å². The molecule has 1 aromatic rings. The number of rotatable bonds is 3. The largest absolute Gasteiger partial charge is 0.573 e. The van der Waals surface area contributed by atoms with E-state index in [1.54, 1.807) is 0 Å². The second kappa shape index (κ2) is 4.66. The molecule has 18 heavy (non-hydrogen) atoms. The SMILES string of the molecule is O=[N+]([O-])c1c(OC(F)(F)F)cc(F)nc1C(F)F. The van der Waals surface area contributed by atoms with Crippen molar-refractivity contribution >= 4 is 5.69 Å². The third-order valence-electron chi connectivity index (χ3n) is 1.57. The predicted octanol–water partition coefficient (Wildman–Crippen LogP) is 2.97. The summed E-state index contributed by atoms with van der Waals surface area (Å²) in [7, 11) is 0. The molecule has 11 heteroatoms. The number of nitrogens with zero attached hydrogens (tertiary/aromatic N) is 2. The number of ether oxygens (including phenoxy) is 1. The Morgan fingerprint density at radius 3 is 2.33 bits per heavy atom. The van der Waals surface area contributed by atoms with Crippen molar-refractivity contribution in [2.24, 2.45) is 0 Å². The van der Waals surface area contributed by atoms with Gasteiger partial charge in [0.2, 0.25) is 11.7 Å². The molecule has 1 rings (SSSR count). The quantitative estimate of drug-likeness (QED) is 0.368. The second-order valence-electron chi connectivity index (χ2n) is 2.78. The normalized spacial score (nSPS) is 11.7. The Balaban J connectivity index is 3.44. The van der Waals surface area contributed by atoms with Gasteiger partial charge < -0.3 is 4.74 Å². The van der Waals surface area contributed by atoms with Gasteiger partial charge in [-0.15, -0.1) is 13.2 Å². The van der Waals surface area contributed by atoms with Gasteiger partial charge >= 0.3 is 12.0 Å². The fourth-order valence-electron chi connectivity index (χ4n) is 1.04. The van der Waals surface area contributed by atoms with Crippen LogP contribution in [-0.4, -0.2) is 16.3 Å². The smallest absolute Gasteiger partial charge is 0.398 e. The lowest BCUT2D eigenvalue weighted by Gasteiger charge is -2.10. The Hall–Kier alpha value is -2.07. The van der Waals surface area contributed by atoms with Crippen LogP contribution in [0.25, 0.3) is 0 Å². The third-order valence-corrected chi connectivity index (χ3v) is 1.57. The molecule has 0 aliphatic rings. The van der Waals surface area contributed by atoms with E-state index in [-0.39, 0.29) is 6.07 Å². The van der Waals surface area contributed by atoms with Gasteiger partial charge in [0.15, 0.2) is 5.69 Å². The fourth-order valence-corrected chi connectivity index (χ4v) is 1.04. The van der Waals surface area contributed by atoms with Gasteiger partial charge in [0.1, 0.15) is 0 Å². The number of hydrogen-bond acceptors (Lipinski definition) is 4. The van der Waals surface area contributed by atoms with Crippen molar-refractivity contribution in [3.63, 3.8) is 0 Å². The van der Waals surface area contributed by atoms with E-state index in [9.17, 15) is 36.5 Å². The van der Waals surface area contributed by atoms with Crippen molar-refractivity contribution in [1.29, 1.82) is 0 Å². The first kappa shape index (κ1) is 14.0. The van der Waals surface area contributed by atoms with Crippen molar-refractivity contribution in [2.75, 3.05) is 0 Å². The molecule has 0 amide bonds. The molecule has 1 heterocycles. The molecule has 0 spiro atoms. The topological polar surface area (TPSA) is 65.3 Å². The molecular weight excluding hydrogens is 274 g/mol. The number of alkyl halides is 5. The molecule has 0 aliphatic heterocycles. The molecule has 0 aliphatic carbocycles. The summed E-state index contributed by atoms with van der Waals surface area (Å²) >= 11 is 0. The summed E-state index contributed by atoms with van der Waals surface area (Å²) in [6.07, 6.45) is -9.02. The van der Waals surface area contributed by atoms with Crippen LogP contribution < -0.4 is 4.74 Å². The van der Waals surface area contributed by atoms with E-state index >= 15 is 0 Å². The molecule has 1 aromatic heterocycles. The Morgan fingerprint density at radius 1 is 1.39 bits per heavy atom. The number of nitro groups is 1. The van der Waals surface area contributed by atoms with Crippen molar-refractivity contribution in [3.8, 4) is 5.75 Å². The van der Waals surface area contributed by atoms with Gasteiger partial charge in [-0.05, 0) is 0 Å². The monoisotopic (exact) mass is 276 g/mol. The summed E-state index contributed by atoms with van der Waals surface area (Å²) in [6, 6.07) is -0.0997. The molecule has 0 saturated heterocycles. The van der Waals surface area contributed by atoms with E-state index in [2.05, 4.69) is 9.72 Å². The Kier molecular flexibility index (Phi) is 3.62. The Morgan fingerprint density at radius 2 is 1.94 bits per heavy atom. The predicted molar refractivity (Wildman–Crippen MR) is 42.5 cm³/mol. The average Bonchev–Trinajstić information content (AvgIpc) is 2.12. The van der Waals surface area contributed by atoms with Crippen molar-refractivity contribution in [2.45, 2.75) is 12.8 Å². The van der Waals surface area contributed by atoms with E-state index in [0.29, 0.717) is 0 Å². The lowest BCUT2D eigenvalue weighted by Crippen LogP contribution is -2.19. The molecule has 0 unspecified atom stereocenters. The van der Waals surface area contributed by atoms with Crippen molar-refractivity contribution in [3.05, 3.63) is 27.8 Å². The van der Waals surface area contributed by atoms with Gasteiger partial charge in [0.05, 0.1) is 4.92 Å². The molecule has 100 valence electrons. The zero-order valence-corrected chi connectivity index (χ0v) is 8.04. The van der Waals surface area contributed by atoms with Crippen LogP contribution in [0.5, 0.6) is 5.75 Å². The molecule has 0 bridgehead atoms. The van der Waals surface area contributed by atoms with Crippen molar-refractivity contribution in [1.82, 2.24) is 4.98 Å². The van der Waals surface area contributed by atoms with Crippen LogP contribution in [-0.2, 0) is 0 Å². The average molecular weight is 276 g/mol. The van der Waals surface area contributed by atoms with Gasteiger partial charge in [-0.1, -0.05) is 0 Å². The van der Waals surface area contributed by atoms with Crippen LogP contribution in [0.3, 0.4) is 0 Å². The van der Waals surface area contributed by atoms with Crippen LogP contribution >= 0.6 is 0 Å². The highest BCUT2D eigenvalue weighted by molar-refractivity contribution is 5.50. The maximum Gasteiger partial charge on any atom is 0.573 e. The summed E-state index contributed by atoms with van der Waals surface area (Å²) in [5, 5.41) is 10.4. The molecule has 0 radical (unpaired) electrons. The first-order valence-corrected chi connectivity index (χ1v) is 4.00. The summed E-state index contributed by atoms with van der Waals surface area (Å²) in [4.78, 5) is 11.3. The summed E-state index contributed by atoms with van der Waals surface area (Å²) < 4.78 is 76.0. The molecule has 0 atom stereocenters. The van der Waals surface area contributed by atoms with Gasteiger partial charge in [0.25, 0.3) is 6.43 Å². The number of aromatic nitrogens is 1. The highest BCUT2D eigenvalue weighted by Crippen LogP contribution is 2.38. The van der Waals surface area contributed by atoms with Crippen LogP contribution in [0.4, 0.5) is 32.0 Å². The maximum atomic E-state index is 12.7. The minimum atomic E-state index is -5.39. The molecule has 0 aromatic carbocycles. The Bertz CT molecular complexity index is 475. The first-order valence-electron chi connectivity index (χ1n) is 4.00. The van der Waals surface area contributed by atoms with E-state index in [1.807, 2.05) is 0 Å². The third kappa shape index (κ3) is 3.21. The molecule has 0 saturated carbocycles. The van der Waals surface area contributed by atoms with Crippen LogP contribution in [0, 0.1) is 16.1 Å². The van der Waals surface area contributed by atoms with E-state index in [1.165, 1.54) is 0 Å². The zero-order chi connectivity index (χ0) is 14.1. The van der Waals surface area contributed by atoms with Gasteiger partial charge in [-0.3, -0.25) is 10.1 Å². The standard InChI is InChI=1S/C7H2F6N2O3/c8-3-1-2(18-7(11,12)13)5(15(16)17)4(14-3)6(9)10/h1,6H. The molecule has 0 fully saturated rings. The lowest BCUT2D eigenvalue weighted by atomic mass is 10.3. The maximum absolute atomic E-state index is 12.7. The van der Waals surface area contributed by atoms with E-state index in [4.69, 9.17) is 0 Å². The lowest BCUT2D eigenvalue weighted by molar-refractivity contribution is -0.390. The number of hydrogen-bond donors (Lipinski definition) is 0. The highest BCUT2D eigenvalue weighted by Gasteiger charge is 2.38. The molecule has 0 N–H and O–H groups in total. The van der Waals surface area contributed by atoms with E-state index in [0.717, 1.165) is 0 Å². The van der Waals surface area contributed by atoms with Crippen LogP contribution in [0.1, 0.15) is 12.1 Å². The highest BCUT2D eigenvalue weighted by atomic mass is 19.4. The zero-order valence-electron chi connectivity index (χ0n) is 8.04.